The first kappa shape index (κ1) is 17.1. The lowest BCUT2D eigenvalue weighted by atomic mass is 10.1. The van der Waals surface area contributed by atoms with Crippen LogP contribution in [0.1, 0.15) is 11.5 Å². The van der Waals surface area contributed by atoms with Gasteiger partial charge >= 0.3 is 0 Å². The van der Waals surface area contributed by atoms with Crippen LogP contribution in [-0.2, 0) is 16.6 Å². The molecule has 0 bridgehead atoms. The Labute approximate surface area is 146 Å². The van der Waals surface area contributed by atoms with Crippen LogP contribution >= 0.6 is 0 Å². The first-order chi connectivity index (χ1) is 12.0. The van der Waals surface area contributed by atoms with E-state index < -0.39 is 10.0 Å². The number of nitrogens with one attached hydrogen (secondary N) is 2. The lowest BCUT2D eigenvalue weighted by Crippen LogP contribution is -2.20. The molecule has 25 heavy (non-hydrogen) atoms. The first-order valence-electron chi connectivity index (χ1n) is 7.66. The minimum atomic E-state index is -3.66. The largest absolute Gasteiger partial charge is 0.421 e. The summed E-state index contributed by atoms with van der Waals surface area (Å²) in [5, 5.41) is 11.0. The van der Waals surface area contributed by atoms with E-state index in [0.717, 1.165) is 5.56 Å². The van der Waals surface area contributed by atoms with Gasteiger partial charge in [0.15, 0.2) is 0 Å². The molecule has 0 saturated carbocycles. The molecule has 1 aromatic heterocycles. The summed E-state index contributed by atoms with van der Waals surface area (Å²) >= 11 is 0. The molecular weight excluding hydrogens is 340 g/mol. The van der Waals surface area contributed by atoms with Gasteiger partial charge in [0.25, 0.3) is 0 Å². The average Bonchev–Trinajstić information content (AvgIpc) is 3.06. The van der Waals surface area contributed by atoms with E-state index in [2.05, 4.69) is 20.2 Å². The maximum atomic E-state index is 12.4. The van der Waals surface area contributed by atoms with Crippen LogP contribution in [0.25, 0.3) is 11.5 Å². The van der Waals surface area contributed by atoms with E-state index >= 15 is 0 Å². The van der Waals surface area contributed by atoms with Crippen molar-refractivity contribution in [1.29, 1.82) is 0 Å². The molecule has 0 aliphatic carbocycles. The lowest BCUT2D eigenvalue weighted by Gasteiger charge is -2.15. The average molecular weight is 358 g/mol. The highest BCUT2D eigenvalue weighted by molar-refractivity contribution is 7.89. The number of sulfonamides is 1. The summed E-state index contributed by atoms with van der Waals surface area (Å²) in [5.74, 6) is 0.673. The summed E-state index contributed by atoms with van der Waals surface area (Å²) in [7, 11) is -2.28. The zero-order valence-electron chi connectivity index (χ0n) is 13.9. The summed E-state index contributed by atoms with van der Waals surface area (Å²) < 4.78 is 32.6. The molecule has 0 aliphatic heterocycles. The van der Waals surface area contributed by atoms with Crippen LogP contribution in [0, 0.1) is 6.92 Å². The Hall–Kier alpha value is -2.71. The number of para-hydroxylation sites is 1. The summed E-state index contributed by atoms with van der Waals surface area (Å²) in [6.45, 7) is 2.14. The fourth-order valence-corrected chi connectivity index (χ4v) is 3.35. The number of aryl methyl sites for hydroxylation is 1. The third-order valence-corrected chi connectivity index (χ3v) is 5.11. The van der Waals surface area contributed by atoms with Gasteiger partial charge in [-0.1, -0.05) is 36.4 Å². The lowest BCUT2D eigenvalue weighted by molar-refractivity contribution is 0.533. The van der Waals surface area contributed by atoms with Gasteiger partial charge in [-0.2, -0.15) is 0 Å². The normalized spacial score (nSPS) is 11.4. The molecule has 0 aliphatic rings. The Morgan fingerprint density at radius 1 is 1.04 bits per heavy atom. The van der Waals surface area contributed by atoms with Gasteiger partial charge in [0.2, 0.25) is 21.8 Å². The van der Waals surface area contributed by atoms with Gasteiger partial charge in [-0.15, -0.1) is 10.2 Å². The van der Waals surface area contributed by atoms with Gasteiger partial charge in [0, 0.05) is 13.5 Å². The molecule has 7 nitrogen and oxygen atoms in total. The number of benzene rings is 2. The molecule has 2 aromatic carbocycles. The number of nitrogens with zero attached hydrogens (tertiary/aromatic N) is 2. The first-order valence-corrected chi connectivity index (χ1v) is 9.14. The van der Waals surface area contributed by atoms with Crippen molar-refractivity contribution in [3.63, 3.8) is 0 Å². The maximum Gasteiger partial charge on any atom is 0.249 e. The number of anilines is 1. The van der Waals surface area contributed by atoms with Gasteiger partial charge < -0.3 is 9.73 Å². The summed E-state index contributed by atoms with van der Waals surface area (Å²) in [4.78, 5) is 0.124. The Balaban J connectivity index is 2.08. The standard InChI is InChI=1S/C17H18N4O3S/c1-12-20-21-17(24-12)14-9-6-10-15(25(22,23)18-2)16(14)19-11-13-7-4-3-5-8-13/h3-10,18-19H,11H2,1-2H3. The van der Waals surface area contributed by atoms with Crippen molar-refractivity contribution in [2.24, 2.45) is 0 Å². The van der Waals surface area contributed by atoms with Crippen molar-refractivity contribution in [3.8, 4) is 11.5 Å². The third kappa shape index (κ3) is 3.70. The minimum Gasteiger partial charge on any atom is -0.421 e. The van der Waals surface area contributed by atoms with Crippen molar-refractivity contribution in [1.82, 2.24) is 14.9 Å². The zero-order valence-corrected chi connectivity index (χ0v) is 14.7. The van der Waals surface area contributed by atoms with E-state index in [1.807, 2.05) is 30.3 Å². The van der Waals surface area contributed by atoms with Crippen LogP contribution in [0.2, 0.25) is 0 Å². The maximum absolute atomic E-state index is 12.4. The van der Waals surface area contributed by atoms with E-state index in [0.29, 0.717) is 23.7 Å². The molecule has 0 fully saturated rings. The van der Waals surface area contributed by atoms with Crippen LogP contribution < -0.4 is 10.0 Å². The third-order valence-electron chi connectivity index (χ3n) is 3.65. The SMILES string of the molecule is CNS(=O)(=O)c1cccc(-c2nnc(C)o2)c1NCc1ccccc1. The van der Waals surface area contributed by atoms with Crippen molar-refractivity contribution < 1.29 is 12.8 Å². The smallest absolute Gasteiger partial charge is 0.249 e. The number of hydrogen-bond donors (Lipinski definition) is 2. The fourth-order valence-electron chi connectivity index (χ4n) is 2.42. The van der Waals surface area contributed by atoms with E-state index in [1.165, 1.54) is 13.1 Å². The van der Waals surface area contributed by atoms with E-state index in [4.69, 9.17) is 4.42 Å². The van der Waals surface area contributed by atoms with Crippen LogP contribution in [0.3, 0.4) is 0 Å². The number of hydrogen-bond acceptors (Lipinski definition) is 6. The summed E-state index contributed by atoms with van der Waals surface area (Å²) in [5.41, 5.74) is 1.98. The molecule has 3 rings (SSSR count). The second kappa shape index (κ2) is 7.04. The summed E-state index contributed by atoms with van der Waals surface area (Å²) in [6, 6.07) is 14.6. The predicted octanol–water partition coefficient (Wildman–Crippen LogP) is 2.57. The topological polar surface area (TPSA) is 97.1 Å². The minimum absolute atomic E-state index is 0.124. The molecule has 8 heteroatoms. The zero-order chi connectivity index (χ0) is 17.9. The van der Waals surface area contributed by atoms with Crippen molar-refractivity contribution >= 4 is 15.7 Å². The van der Waals surface area contributed by atoms with Crippen molar-refractivity contribution in [2.45, 2.75) is 18.4 Å². The van der Waals surface area contributed by atoms with Gasteiger partial charge in [-0.05, 0) is 24.7 Å². The molecule has 0 radical (unpaired) electrons. The number of rotatable bonds is 6. The summed E-state index contributed by atoms with van der Waals surface area (Å²) in [6.07, 6.45) is 0. The van der Waals surface area contributed by atoms with E-state index in [-0.39, 0.29) is 10.8 Å². The van der Waals surface area contributed by atoms with Crippen LogP contribution in [0.15, 0.2) is 57.8 Å². The quantitative estimate of drug-likeness (QED) is 0.703. The Kier molecular flexibility index (Phi) is 4.82. The van der Waals surface area contributed by atoms with Gasteiger partial charge in [-0.3, -0.25) is 0 Å². The highest BCUT2D eigenvalue weighted by Gasteiger charge is 2.22. The van der Waals surface area contributed by atoms with E-state index in [1.54, 1.807) is 19.1 Å². The molecule has 130 valence electrons. The second-order valence-corrected chi connectivity index (χ2v) is 7.21. The molecule has 0 spiro atoms. The van der Waals surface area contributed by atoms with Crippen LogP contribution in [-0.4, -0.2) is 25.7 Å². The van der Waals surface area contributed by atoms with Crippen molar-refractivity contribution in [2.75, 3.05) is 12.4 Å². The molecule has 0 amide bonds. The van der Waals surface area contributed by atoms with Crippen LogP contribution in [0.4, 0.5) is 5.69 Å². The van der Waals surface area contributed by atoms with Crippen LogP contribution in [0.5, 0.6) is 0 Å². The monoisotopic (exact) mass is 358 g/mol. The number of aromatic nitrogens is 2. The molecule has 0 unspecified atom stereocenters. The van der Waals surface area contributed by atoms with Crippen molar-refractivity contribution in [3.05, 3.63) is 60.0 Å². The van der Waals surface area contributed by atoms with E-state index in [9.17, 15) is 8.42 Å². The van der Waals surface area contributed by atoms with Gasteiger partial charge in [-0.25, -0.2) is 13.1 Å². The molecule has 3 aromatic rings. The Bertz CT molecular complexity index is 969. The second-order valence-electron chi connectivity index (χ2n) is 5.35. The molecule has 0 saturated heterocycles. The molecule has 0 atom stereocenters. The highest BCUT2D eigenvalue weighted by Crippen LogP contribution is 2.33. The molecule has 1 heterocycles. The highest BCUT2D eigenvalue weighted by atomic mass is 32.2. The van der Waals surface area contributed by atoms with Gasteiger partial charge in [0.05, 0.1) is 11.3 Å². The Morgan fingerprint density at radius 2 is 1.80 bits per heavy atom. The van der Waals surface area contributed by atoms with Gasteiger partial charge in [0.1, 0.15) is 4.90 Å². The molecular formula is C17H18N4O3S. The predicted molar refractivity (Wildman–Crippen MR) is 94.5 cm³/mol. The molecule has 2 N–H and O–H groups in total. The fraction of sp³-hybridized carbons (Fsp3) is 0.176. The Morgan fingerprint density at radius 3 is 2.44 bits per heavy atom.